The van der Waals surface area contributed by atoms with Gasteiger partial charge >= 0.3 is 0 Å². The fourth-order valence-corrected chi connectivity index (χ4v) is 2.43. The smallest absolute Gasteiger partial charge is 0.198 e. The van der Waals surface area contributed by atoms with E-state index in [0.717, 1.165) is 17.7 Å². The number of benzene rings is 2. The molecule has 4 heteroatoms. The summed E-state index contributed by atoms with van der Waals surface area (Å²) in [6.07, 6.45) is 0.831. The summed E-state index contributed by atoms with van der Waals surface area (Å²) < 4.78 is 10.7. The summed E-state index contributed by atoms with van der Waals surface area (Å²) >= 11 is 0. The Morgan fingerprint density at radius 2 is 2.15 bits per heavy atom. The third kappa shape index (κ3) is 1.99. The molecule has 0 fully saturated rings. The summed E-state index contributed by atoms with van der Waals surface area (Å²) in [4.78, 5) is 12.6. The Morgan fingerprint density at radius 1 is 1.30 bits per heavy atom. The Labute approximate surface area is 117 Å². The molecule has 2 aromatic rings. The Morgan fingerprint density at radius 3 is 2.95 bits per heavy atom. The maximum absolute atomic E-state index is 12.6. The summed E-state index contributed by atoms with van der Waals surface area (Å²) in [6.45, 7) is 0.670. The van der Waals surface area contributed by atoms with Gasteiger partial charge < -0.3 is 15.2 Å². The van der Waals surface area contributed by atoms with E-state index < -0.39 is 0 Å². The van der Waals surface area contributed by atoms with Gasteiger partial charge in [-0.3, -0.25) is 4.79 Å². The van der Waals surface area contributed by atoms with Crippen LogP contribution in [0.2, 0.25) is 0 Å². The molecule has 0 spiro atoms. The molecule has 0 radical (unpaired) electrons. The van der Waals surface area contributed by atoms with Crippen molar-refractivity contribution in [2.24, 2.45) is 0 Å². The topological polar surface area (TPSA) is 61.5 Å². The van der Waals surface area contributed by atoms with Crippen molar-refractivity contribution >= 4 is 11.5 Å². The largest absolute Gasteiger partial charge is 0.496 e. The number of hydrogen-bond donors (Lipinski definition) is 1. The number of anilines is 1. The molecule has 0 amide bonds. The lowest BCUT2D eigenvalue weighted by Crippen LogP contribution is -2.08. The van der Waals surface area contributed by atoms with E-state index in [9.17, 15) is 4.79 Å². The van der Waals surface area contributed by atoms with E-state index in [4.69, 9.17) is 15.2 Å². The van der Waals surface area contributed by atoms with E-state index in [0.29, 0.717) is 29.2 Å². The van der Waals surface area contributed by atoms with Crippen molar-refractivity contribution in [2.75, 3.05) is 19.5 Å². The first-order valence-electron chi connectivity index (χ1n) is 6.43. The van der Waals surface area contributed by atoms with Gasteiger partial charge in [0.25, 0.3) is 0 Å². The third-order valence-corrected chi connectivity index (χ3v) is 3.46. The predicted octanol–water partition coefficient (Wildman–Crippen LogP) is 2.44. The van der Waals surface area contributed by atoms with Crippen molar-refractivity contribution in [1.29, 1.82) is 0 Å². The van der Waals surface area contributed by atoms with Gasteiger partial charge in [-0.25, -0.2) is 0 Å². The number of carbonyl (C=O) groups is 1. The van der Waals surface area contributed by atoms with Gasteiger partial charge in [-0.1, -0.05) is 6.07 Å². The molecule has 0 aromatic heterocycles. The van der Waals surface area contributed by atoms with E-state index in [1.807, 2.05) is 12.1 Å². The zero-order valence-corrected chi connectivity index (χ0v) is 11.2. The van der Waals surface area contributed by atoms with E-state index in [2.05, 4.69) is 0 Å². The number of nitrogen functional groups attached to an aromatic ring is 1. The lowest BCUT2D eigenvalue weighted by molar-refractivity contribution is 0.103. The molecule has 102 valence electrons. The number of rotatable bonds is 3. The molecular weight excluding hydrogens is 254 g/mol. The van der Waals surface area contributed by atoms with Crippen molar-refractivity contribution in [2.45, 2.75) is 6.42 Å². The average molecular weight is 269 g/mol. The van der Waals surface area contributed by atoms with Crippen molar-refractivity contribution in [3.8, 4) is 11.5 Å². The highest BCUT2D eigenvalue weighted by Gasteiger charge is 2.20. The summed E-state index contributed by atoms with van der Waals surface area (Å²) in [5, 5.41) is 0. The lowest BCUT2D eigenvalue weighted by Gasteiger charge is -2.10. The van der Waals surface area contributed by atoms with Crippen molar-refractivity contribution in [1.82, 2.24) is 0 Å². The number of nitrogens with two attached hydrogens (primary N) is 1. The van der Waals surface area contributed by atoms with Crippen molar-refractivity contribution in [3.63, 3.8) is 0 Å². The van der Waals surface area contributed by atoms with Gasteiger partial charge in [0, 0.05) is 17.7 Å². The Hall–Kier alpha value is -2.49. The molecular formula is C16H15NO3. The highest BCUT2D eigenvalue weighted by molar-refractivity contribution is 6.14. The molecule has 0 bridgehead atoms. The summed E-state index contributed by atoms with van der Waals surface area (Å²) in [5.74, 6) is 1.22. The zero-order chi connectivity index (χ0) is 14.1. The Bertz CT molecular complexity index is 679. The van der Waals surface area contributed by atoms with Crippen LogP contribution >= 0.6 is 0 Å². The summed E-state index contributed by atoms with van der Waals surface area (Å²) in [6, 6.07) is 10.7. The summed E-state index contributed by atoms with van der Waals surface area (Å²) in [5.41, 5.74) is 8.42. The second kappa shape index (κ2) is 4.89. The van der Waals surface area contributed by atoms with Crippen LogP contribution in [-0.2, 0) is 6.42 Å². The maximum Gasteiger partial charge on any atom is 0.198 e. The first-order chi connectivity index (χ1) is 9.70. The molecule has 0 atom stereocenters. The number of methoxy groups -OCH3 is 1. The first-order valence-corrected chi connectivity index (χ1v) is 6.43. The number of ketones is 1. The quantitative estimate of drug-likeness (QED) is 0.686. The molecule has 1 aliphatic rings. The normalized spacial score (nSPS) is 12.7. The molecule has 2 N–H and O–H groups in total. The van der Waals surface area contributed by atoms with Gasteiger partial charge in [-0.05, 0) is 35.9 Å². The average Bonchev–Trinajstić information content (AvgIpc) is 2.93. The van der Waals surface area contributed by atoms with Gasteiger partial charge in [0.15, 0.2) is 5.78 Å². The van der Waals surface area contributed by atoms with Crippen molar-refractivity contribution in [3.05, 3.63) is 53.1 Å². The molecule has 2 aromatic carbocycles. The van der Waals surface area contributed by atoms with Crippen LogP contribution in [0.4, 0.5) is 5.69 Å². The monoisotopic (exact) mass is 269 g/mol. The van der Waals surface area contributed by atoms with E-state index in [1.165, 1.54) is 7.11 Å². The van der Waals surface area contributed by atoms with Crippen LogP contribution in [0.1, 0.15) is 21.5 Å². The van der Waals surface area contributed by atoms with Gasteiger partial charge in [0.05, 0.1) is 19.3 Å². The second-order valence-electron chi connectivity index (χ2n) is 4.67. The van der Waals surface area contributed by atoms with E-state index >= 15 is 0 Å². The van der Waals surface area contributed by atoms with Crippen molar-refractivity contribution < 1.29 is 14.3 Å². The van der Waals surface area contributed by atoms with E-state index in [1.54, 1.807) is 24.3 Å². The van der Waals surface area contributed by atoms with Crippen LogP contribution in [-0.4, -0.2) is 19.5 Å². The first kappa shape index (κ1) is 12.5. The number of hydrogen-bond acceptors (Lipinski definition) is 4. The van der Waals surface area contributed by atoms with Gasteiger partial charge in [-0.15, -0.1) is 0 Å². The Kier molecular flexibility index (Phi) is 3.06. The van der Waals surface area contributed by atoms with E-state index in [-0.39, 0.29) is 5.78 Å². The highest BCUT2D eigenvalue weighted by atomic mass is 16.5. The van der Waals surface area contributed by atoms with Crippen LogP contribution < -0.4 is 15.2 Å². The Balaban J connectivity index is 2.05. The number of ether oxygens (including phenoxy) is 2. The van der Waals surface area contributed by atoms with Gasteiger partial charge in [0.2, 0.25) is 0 Å². The maximum atomic E-state index is 12.6. The predicted molar refractivity (Wildman–Crippen MR) is 76.5 cm³/mol. The number of fused-ring (bicyclic) bond motifs is 1. The highest BCUT2D eigenvalue weighted by Crippen LogP contribution is 2.30. The van der Waals surface area contributed by atoms with Crippen LogP contribution in [0.25, 0.3) is 0 Å². The second-order valence-corrected chi connectivity index (χ2v) is 4.67. The molecule has 1 aliphatic heterocycles. The fourth-order valence-electron chi connectivity index (χ4n) is 2.43. The molecule has 0 aliphatic carbocycles. The minimum Gasteiger partial charge on any atom is -0.496 e. The molecule has 0 saturated heterocycles. The SMILES string of the molecule is COc1cccc(N)c1C(=O)c1ccc2c(c1)CCO2. The number of carbonyl (C=O) groups excluding carboxylic acids is 1. The van der Waals surface area contributed by atoms with Crippen LogP contribution in [0.5, 0.6) is 11.5 Å². The zero-order valence-electron chi connectivity index (χ0n) is 11.2. The van der Waals surface area contributed by atoms with Gasteiger partial charge in [-0.2, -0.15) is 0 Å². The fraction of sp³-hybridized carbons (Fsp3) is 0.188. The summed E-state index contributed by atoms with van der Waals surface area (Å²) in [7, 11) is 1.53. The molecule has 4 nitrogen and oxygen atoms in total. The third-order valence-electron chi connectivity index (χ3n) is 3.46. The molecule has 20 heavy (non-hydrogen) atoms. The van der Waals surface area contributed by atoms with Gasteiger partial charge in [0.1, 0.15) is 11.5 Å². The van der Waals surface area contributed by atoms with Crippen LogP contribution in [0.15, 0.2) is 36.4 Å². The lowest BCUT2D eigenvalue weighted by atomic mass is 9.98. The minimum absolute atomic E-state index is 0.130. The standard InChI is InChI=1S/C16H15NO3/c1-19-14-4-2-3-12(17)15(14)16(18)11-5-6-13-10(9-11)7-8-20-13/h2-6,9H,7-8,17H2,1H3. The van der Waals surface area contributed by atoms with Crippen LogP contribution in [0, 0.1) is 0 Å². The minimum atomic E-state index is -0.130. The molecule has 0 saturated carbocycles. The molecule has 1 heterocycles. The van der Waals surface area contributed by atoms with Crippen LogP contribution in [0.3, 0.4) is 0 Å². The molecule has 3 rings (SSSR count). The molecule has 0 unspecified atom stereocenters.